The molecule has 0 N–H and O–H groups in total. The van der Waals surface area contributed by atoms with Crippen molar-refractivity contribution in [2.75, 3.05) is 33.4 Å². The van der Waals surface area contributed by atoms with Crippen LogP contribution in [0.25, 0.3) is 0 Å². The van der Waals surface area contributed by atoms with Gasteiger partial charge < -0.3 is 14.4 Å². The summed E-state index contributed by atoms with van der Waals surface area (Å²) in [4.78, 5) is 2.58. The fourth-order valence-electron chi connectivity index (χ4n) is 3.54. The van der Waals surface area contributed by atoms with Crippen molar-refractivity contribution in [2.45, 2.75) is 25.2 Å². The van der Waals surface area contributed by atoms with E-state index >= 15 is 0 Å². The van der Waals surface area contributed by atoms with E-state index in [2.05, 4.69) is 24.0 Å². The molecular weight excluding hydrogens is 250 g/mol. The molecule has 1 aromatic carbocycles. The maximum Gasteiger partial charge on any atom is 0.126 e. The molecule has 1 saturated heterocycles. The van der Waals surface area contributed by atoms with Crippen LogP contribution >= 0.6 is 0 Å². The van der Waals surface area contributed by atoms with Crippen molar-refractivity contribution < 1.29 is 9.47 Å². The van der Waals surface area contributed by atoms with Gasteiger partial charge in [0.2, 0.25) is 0 Å². The maximum absolute atomic E-state index is 5.94. The minimum atomic E-state index is 0.564. The van der Waals surface area contributed by atoms with E-state index in [0.29, 0.717) is 11.8 Å². The van der Waals surface area contributed by atoms with E-state index in [1.807, 2.05) is 6.07 Å². The summed E-state index contributed by atoms with van der Waals surface area (Å²) in [5.41, 5.74) is 1.28. The topological polar surface area (TPSA) is 21.7 Å². The van der Waals surface area contributed by atoms with Crippen LogP contribution in [0.15, 0.2) is 18.2 Å². The van der Waals surface area contributed by atoms with Crippen LogP contribution in [0.4, 0.5) is 0 Å². The van der Waals surface area contributed by atoms with Crippen LogP contribution in [-0.4, -0.2) is 38.3 Å². The molecule has 1 radical (unpaired) electrons. The van der Waals surface area contributed by atoms with Gasteiger partial charge in [-0.25, -0.2) is 0 Å². The molecule has 0 aromatic heterocycles. The monoisotopic (exact) mass is 274 g/mol. The van der Waals surface area contributed by atoms with Gasteiger partial charge in [0.25, 0.3) is 0 Å². The summed E-state index contributed by atoms with van der Waals surface area (Å²) in [5.74, 6) is 3.18. The molecule has 20 heavy (non-hydrogen) atoms. The van der Waals surface area contributed by atoms with Crippen molar-refractivity contribution in [3.05, 3.63) is 30.7 Å². The zero-order valence-corrected chi connectivity index (χ0v) is 12.3. The van der Waals surface area contributed by atoms with E-state index in [1.165, 1.54) is 24.9 Å². The van der Waals surface area contributed by atoms with Gasteiger partial charge in [0.1, 0.15) is 11.5 Å². The van der Waals surface area contributed by atoms with E-state index in [-0.39, 0.29) is 0 Å². The van der Waals surface area contributed by atoms with Crippen molar-refractivity contribution in [3.63, 3.8) is 0 Å². The molecule has 3 rings (SSSR count). The fraction of sp³-hybridized carbons (Fsp3) is 0.588. The first-order valence-corrected chi connectivity index (χ1v) is 7.64. The van der Waals surface area contributed by atoms with Gasteiger partial charge in [0.05, 0.1) is 13.7 Å². The quantitative estimate of drug-likeness (QED) is 0.770. The lowest BCUT2D eigenvalue weighted by molar-refractivity contribution is 0.209. The lowest BCUT2D eigenvalue weighted by Gasteiger charge is -2.29. The first-order valence-electron chi connectivity index (χ1n) is 7.64. The van der Waals surface area contributed by atoms with Gasteiger partial charge in [-0.2, -0.15) is 0 Å². The van der Waals surface area contributed by atoms with Crippen molar-refractivity contribution in [1.29, 1.82) is 0 Å². The van der Waals surface area contributed by atoms with Crippen molar-refractivity contribution in [2.24, 2.45) is 5.92 Å². The number of rotatable bonds is 5. The lowest BCUT2D eigenvalue weighted by atomic mass is 9.86. The van der Waals surface area contributed by atoms with Crippen molar-refractivity contribution in [1.82, 2.24) is 4.90 Å². The number of hydrogen-bond donors (Lipinski definition) is 0. The van der Waals surface area contributed by atoms with Crippen LogP contribution in [-0.2, 0) is 0 Å². The van der Waals surface area contributed by atoms with Crippen molar-refractivity contribution in [3.8, 4) is 11.5 Å². The lowest BCUT2D eigenvalue weighted by Crippen LogP contribution is -2.25. The number of hydrogen-bond acceptors (Lipinski definition) is 3. The molecule has 0 bridgehead atoms. The van der Waals surface area contributed by atoms with Crippen LogP contribution in [0, 0.1) is 12.8 Å². The minimum Gasteiger partial charge on any atom is -0.496 e. The van der Waals surface area contributed by atoms with Crippen molar-refractivity contribution >= 4 is 0 Å². The normalized spacial score (nSPS) is 24.9. The molecule has 0 aliphatic carbocycles. The Kier molecular flexibility index (Phi) is 4.16. The molecule has 1 fully saturated rings. The van der Waals surface area contributed by atoms with Gasteiger partial charge in [-0.3, -0.25) is 0 Å². The summed E-state index contributed by atoms with van der Waals surface area (Å²) < 4.78 is 11.5. The molecule has 3 nitrogen and oxygen atoms in total. The average Bonchev–Trinajstić information content (AvgIpc) is 2.89. The number of unbranched alkanes of at least 4 members (excludes halogenated alkanes) is 2. The third-order valence-electron chi connectivity index (χ3n) is 4.56. The third-order valence-corrected chi connectivity index (χ3v) is 4.56. The minimum absolute atomic E-state index is 0.564. The van der Waals surface area contributed by atoms with Crippen LogP contribution in [0.5, 0.6) is 11.5 Å². The molecule has 109 valence electrons. The SMILES string of the molecule is [CH2]CCCCN1C[C@@H]2COc3cccc(OC)c3[C@@H]2C1. The van der Waals surface area contributed by atoms with Gasteiger partial charge in [0, 0.05) is 30.5 Å². The highest BCUT2D eigenvalue weighted by molar-refractivity contribution is 5.49. The van der Waals surface area contributed by atoms with Gasteiger partial charge in [-0.15, -0.1) is 0 Å². The highest BCUT2D eigenvalue weighted by Crippen LogP contribution is 2.45. The Balaban J connectivity index is 1.75. The second kappa shape index (κ2) is 6.04. The van der Waals surface area contributed by atoms with Crippen LogP contribution in [0.3, 0.4) is 0 Å². The number of ether oxygens (including phenoxy) is 2. The predicted octanol–water partition coefficient (Wildman–Crippen LogP) is 3.11. The Morgan fingerprint density at radius 1 is 1.35 bits per heavy atom. The summed E-state index contributed by atoms with van der Waals surface area (Å²) in [7, 11) is 1.75. The maximum atomic E-state index is 5.94. The number of benzene rings is 1. The Hall–Kier alpha value is -1.22. The third kappa shape index (κ3) is 2.51. The Morgan fingerprint density at radius 2 is 2.25 bits per heavy atom. The highest BCUT2D eigenvalue weighted by atomic mass is 16.5. The largest absolute Gasteiger partial charge is 0.496 e. The molecule has 0 unspecified atom stereocenters. The first-order chi connectivity index (χ1) is 9.83. The molecular formula is C17H24NO2. The number of likely N-dealkylation sites (tertiary alicyclic amines) is 1. The van der Waals surface area contributed by atoms with Gasteiger partial charge in [-0.05, 0) is 25.1 Å². The molecule has 2 aliphatic heterocycles. The zero-order valence-electron chi connectivity index (χ0n) is 12.3. The summed E-state index contributed by atoms with van der Waals surface area (Å²) in [6.45, 7) is 8.24. The second-order valence-corrected chi connectivity index (χ2v) is 5.87. The number of nitrogens with zero attached hydrogens (tertiary/aromatic N) is 1. The van der Waals surface area contributed by atoms with E-state index < -0.39 is 0 Å². The van der Waals surface area contributed by atoms with Crippen LogP contribution in [0.2, 0.25) is 0 Å². The molecule has 3 heteroatoms. The van der Waals surface area contributed by atoms with Crippen LogP contribution in [0.1, 0.15) is 30.7 Å². The molecule has 2 heterocycles. The summed E-state index contributed by atoms with van der Waals surface area (Å²) in [6.07, 6.45) is 3.52. The smallest absolute Gasteiger partial charge is 0.126 e. The zero-order chi connectivity index (χ0) is 13.9. The predicted molar refractivity (Wildman–Crippen MR) is 80.4 cm³/mol. The first kappa shape index (κ1) is 13.7. The second-order valence-electron chi connectivity index (χ2n) is 5.87. The Bertz CT molecular complexity index is 446. The Labute approximate surface area is 121 Å². The van der Waals surface area contributed by atoms with Gasteiger partial charge >= 0.3 is 0 Å². The molecule has 2 aliphatic rings. The molecule has 0 amide bonds. The highest BCUT2D eigenvalue weighted by Gasteiger charge is 2.40. The standard InChI is InChI=1S/C17H24NO2/c1-3-4-5-9-18-10-13-12-20-16-8-6-7-15(19-2)17(16)14(13)11-18/h6-8,13-14H,1,3-5,9-12H2,2H3/t13-,14-/m1/s1. The van der Waals surface area contributed by atoms with E-state index in [4.69, 9.17) is 9.47 Å². The number of methoxy groups -OCH3 is 1. The van der Waals surface area contributed by atoms with Crippen LogP contribution < -0.4 is 9.47 Å². The fourth-order valence-corrected chi connectivity index (χ4v) is 3.54. The van der Waals surface area contributed by atoms with E-state index in [9.17, 15) is 0 Å². The Morgan fingerprint density at radius 3 is 3.05 bits per heavy atom. The molecule has 0 saturated carbocycles. The summed E-state index contributed by atoms with van der Waals surface area (Å²) in [6, 6.07) is 6.13. The number of fused-ring (bicyclic) bond motifs is 3. The average molecular weight is 274 g/mol. The summed E-state index contributed by atoms with van der Waals surface area (Å²) in [5, 5.41) is 0. The summed E-state index contributed by atoms with van der Waals surface area (Å²) >= 11 is 0. The van der Waals surface area contributed by atoms with E-state index in [1.54, 1.807) is 7.11 Å². The molecule has 2 atom stereocenters. The molecule has 1 aromatic rings. The molecule has 0 spiro atoms. The van der Waals surface area contributed by atoms with E-state index in [0.717, 1.165) is 37.6 Å². The van der Waals surface area contributed by atoms with Gasteiger partial charge in [0.15, 0.2) is 0 Å². The van der Waals surface area contributed by atoms with Gasteiger partial charge in [-0.1, -0.05) is 25.8 Å².